The summed E-state index contributed by atoms with van der Waals surface area (Å²) in [5.74, 6) is 0.833. The van der Waals surface area contributed by atoms with Crippen LogP contribution in [0.25, 0.3) is 72.7 Å². The van der Waals surface area contributed by atoms with Gasteiger partial charge in [-0.1, -0.05) is 181 Å². The first-order valence-corrected chi connectivity index (χ1v) is 21.6. The maximum Gasteiger partial charge on any atom is 0.148 e. The Balaban J connectivity index is 0.00000504. The molecule has 0 unspecified atom stereocenters. The minimum absolute atomic E-state index is 0. The fourth-order valence-electron chi connectivity index (χ4n) is 9.42. The van der Waals surface area contributed by atoms with Gasteiger partial charge < -0.3 is 5.11 Å². The first kappa shape index (κ1) is 42.0. The summed E-state index contributed by atoms with van der Waals surface area (Å²) >= 11 is 0. The Kier molecular flexibility index (Phi) is 10.5. The van der Waals surface area contributed by atoms with E-state index in [0.717, 1.165) is 55.8 Å². The minimum Gasteiger partial charge on any atom is -0.507 e. The smallest absolute Gasteiger partial charge is 0.148 e. The van der Waals surface area contributed by atoms with Crippen molar-refractivity contribution in [2.75, 3.05) is 0 Å². The van der Waals surface area contributed by atoms with Crippen molar-refractivity contribution in [3.63, 3.8) is 0 Å². The monoisotopic (exact) mass is 999 g/mol. The van der Waals surface area contributed by atoms with Gasteiger partial charge in [-0.15, -0.1) is 29.3 Å². The number of pyridine rings is 1. The molecule has 0 aliphatic heterocycles. The molecule has 0 radical (unpaired) electrons. The van der Waals surface area contributed by atoms with E-state index in [0.29, 0.717) is 11.4 Å². The molecule has 10 rings (SSSR count). The summed E-state index contributed by atoms with van der Waals surface area (Å²) in [7, 11) is 0. The molecular weight excluding hydrogens is 950 g/mol. The summed E-state index contributed by atoms with van der Waals surface area (Å²) < 4.78 is 2.22. The molecular formula is C58H50N3OPt-. The van der Waals surface area contributed by atoms with Crippen LogP contribution in [0.5, 0.6) is 5.75 Å². The standard InChI is InChI=1S/C58H50N3O.Pt/c1-56(2,3)41-29-30-51(46(34-41)37-19-10-8-11-20-37)61-52-27-18-25-43(54(52)60-55(61)45-24-15-17-28-53(45)62)38-31-39(33-42(32-38)57(4,5)40-21-12-9-13-22-40)50-35-47-44-23-14-16-26-48(44)58(6,7)49(47)36-59-50;/h8-30,32-36,62H,1-7H3;/q-1;. The Morgan fingerprint density at radius 3 is 1.94 bits per heavy atom. The van der Waals surface area contributed by atoms with Gasteiger partial charge in [0, 0.05) is 49.3 Å². The van der Waals surface area contributed by atoms with Gasteiger partial charge >= 0.3 is 0 Å². The van der Waals surface area contributed by atoms with E-state index in [2.05, 4.69) is 205 Å². The van der Waals surface area contributed by atoms with E-state index in [-0.39, 0.29) is 43.1 Å². The number of aromatic hydroxyl groups is 1. The number of para-hydroxylation sites is 2. The Morgan fingerprint density at radius 1 is 0.556 bits per heavy atom. The van der Waals surface area contributed by atoms with Crippen molar-refractivity contribution < 1.29 is 26.2 Å². The minimum atomic E-state index is -0.348. The third-order valence-electron chi connectivity index (χ3n) is 13.1. The summed E-state index contributed by atoms with van der Waals surface area (Å²) in [5, 5.41) is 11.5. The zero-order valence-corrected chi connectivity index (χ0v) is 39.0. The van der Waals surface area contributed by atoms with Crippen molar-refractivity contribution in [3.8, 4) is 67.5 Å². The number of phenols is 1. The molecule has 1 N–H and O–H groups in total. The molecule has 0 saturated carbocycles. The van der Waals surface area contributed by atoms with Gasteiger partial charge in [-0.05, 0) is 74.7 Å². The number of benzene rings is 7. The zero-order chi connectivity index (χ0) is 43.0. The third kappa shape index (κ3) is 7.15. The van der Waals surface area contributed by atoms with E-state index in [1.165, 1.54) is 33.4 Å². The van der Waals surface area contributed by atoms with Crippen LogP contribution in [0, 0.1) is 6.07 Å². The predicted octanol–water partition coefficient (Wildman–Crippen LogP) is 14.5. The van der Waals surface area contributed by atoms with Crippen LogP contribution >= 0.6 is 0 Å². The van der Waals surface area contributed by atoms with Crippen LogP contribution in [-0.4, -0.2) is 19.6 Å². The number of phenolic OH excluding ortho intramolecular Hbond substituents is 1. The number of rotatable bonds is 7. The topological polar surface area (TPSA) is 50.9 Å². The zero-order valence-electron chi connectivity index (χ0n) is 36.8. The van der Waals surface area contributed by atoms with Gasteiger partial charge in [-0.25, -0.2) is 4.98 Å². The van der Waals surface area contributed by atoms with Crippen LogP contribution < -0.4 is 0 Å². The second-order valence-electron chi connectivity index (χ2n) is 18.8. The van der Waals surface area contributed by atoms with E-state index in [1.54, 1.807) is 6.07 Å². The van der Waals surface area contributed by atoms with Gasteiger partial charge in [0.1, 0.15) is 11.6 Å². The first-order chi connectivity index (χ1) is 29.8. The molecule has 0 saturated heterocycles. The summed E-state index contributed by atoms with van der Waals surface area (Å²) in [6, 6.07) is 61.4. The molecule has 2 heterocycles. The second-order valence-corrected chi connectivity index (χ2v) is 18.8. The summed E-state index contributed by atoms with van der Waals surface area (Å²) in [5.41, 5.74) is 17.4. The number of aromatic nitrogens is 3. The van der Waals surface area contributed by atoms with Crippen LogP contribution in [0.2, 0.25) is 0 Å². The second kappa shape index (κ2) is 15.8. The van der Waals surface area contributed by atoms with Gasteiger partial charge in [-0.2, -0.15) is 0 Å². The molecule has 1 aliphatic rings. The quantitative estimate of drug-likeness (QED) is 0.162. The fourth-order valence-corrected chi connectivity index (χ4v) is 9.42. The molecule has 5 heteroatoms. The summed E-state index contributed by atoms with van der Waals surface area (Å²) in [4.78, 5) is 10.7. The van der Waals surface area contributed by atoms with Gasteiger partial charge in [0.15, 0.2) is 0 Å². The average molecular weight is 1000 g/mol. The molecule has 314 valence electrons. The Bertz CT molecular complexity index is 3170. The van der Waals surface area contributed by atoms with Crippen molar-refractivity contribution in [3.05, 3.63) is 204 Å². The number of imidazole rings is 1. The summed E-state index contributed by atoms with van der Waals surface area (Å²) in [6.07, 6.45) is 2.07. The van der Waals surface area contributed by atoms with Crippen LogP contribution in [0.4, 0.5) is 0 Å². The first-order valence-electron chi connectivity index (χ1n) is 21.6. The maximum atomic E-state index is 11.5. The normalized spacial score (nSPS) is 13.1. The van der Waals surface area contributed by atoms with Crippen molar-refractivity contribution >= 4 is 11.0 Å². The molecule has 4 nitrogen and oxygen atoms in total. The van der Waals surface area contributed by atoms with Crippen LogP contribution in [0.1, 0.15) is 76.3 Å². The number of hydrogen-bond donors (Lipinski definition) is 1. The molecule has 7 aromatic carbocycles. The molecule has 1 aliphatic carbocycles. The van der Waals surface area contributed by atoms with Crippen LogP contribution in [0.3, 0.4) is 0 Å². The fraction of sp³-hybridized carbons (Fsp3) is 0.172. The molecule has 63 heavy (non-hydrogen) atoms. The molecule has 0 amide bonds. The number of hydrogen-bond acceptors (Lipinski definition) is 3. The van der Waals surface area contributed by atoms with Gasteiger partial charge in [0.25, 0.3) is 0 Å². The van der Waals surface area contributed by atoms with Gasteiger partial charge in [0.2, 0.25) is 0 Å². The SMILES string of the molecule is CC(C)(C)c1ccc(-n2c(-c3ccccc3O)nc3c(-c4[c-]c(-c5cc6c(cn5)C(C)(C)c5ccccc5-6)cc(C(C)(C)c5ccccc5)c4)cccc32)c(-c2ccccc2)c1.[Pt]. The average Bonchev–Trinajstić information content (AvgIpc) is 3.78. The Hall–Kier alpha value is -6.35. The van der Waals surface area contributed by atoms with E-state index in [1.807, 2.05) is 18.2 Å². The van der Waals surface area contributed by atoms with Crippen molar-refractivity contribution in [2.45, 2.75) is 64.7 Å². The molecule has 2 aromatic heterocycles. The molecule has 0 atom stereocenters. The summed E-state index contributed by atoms with van der Waals surface area (Å²) in [6.45, 7) is 15.9. The van der Waals surface area contributed by atoms with E-state index in [9.17, 15) is 5.11 Å². The van der Waals surface area contributed by atoms with Crippen LogP contribution in [-0.2, 0) is 37.3 Å². The van der Waals surface area contributed by atoms with E-state index in [4.69, 9.17) is 9.97 Å². The van der Waals surface area contributed by atoms with Crippen LogP contribution in [0.15, 0.2) is 170 Å². The third-order valence-corrected chi connectivity index (χ3v) is 13.1. The van der Waals surface area contributed by atoms with E-state index < -0.39 is 0 Å². The predicted molar refractivity (Wildman–Crippen MR) is 256 cm³/mol. The van der Waals surface area contributed by atoms with Gasteiger partial charge in [-0.3, -0.25) is 9.55 Å². The number of fused-ring (bicyclic) bond motifs is 4. The molecule has 9 aromatic rings. The van der Waals surface area contributed by atoms with Crippen molar-refractivity contribution in [1.29, 1.82) is 0 Å². The van der Waals surface area contributed by atoms with E-state index >= 15 is 0 Å². The van der Waals surface area contributed by atoms with Crippen molar-refractivity contribution in [2.24, 2.45) is 0 Å². The molecule has 0 bridgehead atoms. The largest absolute Gasteiger partial charge is 0.507 e. The van der Waals surface area contributed by atoms with Crippen molar-refractivity contribution in [1.82, 2.24) is 14.5 Å². The number of nitrogens with zero attached hydrogens (tertiary/aromatic N) is 3. The molecule has 0 fully saturated rings. The molecule has 0 spiro atoms. The Morgan fingerprint density at radius 2 is 1.21 bits per heavy atom. The Labute approximate surface area is 385 Å². The van der Waals surface area contributed by atoms with Gasteiger partial charge in [0.05, 0.1) is 22.3 Å². The maximum absolute atomic E-state index is 11.5.